The number of hydrogen-bond donors (Lipinski definition) is 2. The minimum atomic E-state index is -1.01. The van der Waals surface area contributed by atoms with E-state index in [1.54, 1.807) is 6.21 Å². The fraction of sp³-hybridized carbons (Fsp3) is 0.273. The van der Waals surface area contributed by atoms with E-state index < -0.39 is 11.2 Å². The zero-order valence-corrected chi connectivity index (χ0v) is 10.9. The number of aryl methyl sites for hydroxylation is 1. The van der Waals surface area contributed by atoms with Gasteiger partial charge in [-0.1, -0.05) is 11.8 Å². The number of carboxylic acids is 1. The molecule has 0 bridgehead atoms. The standard InChI is InChI=1S/C11H12N4O3S/c1-15-4-2-3-7(15)6-12-14-11-13-10(18)8(19-11)5-9(16)17/h2-4,6,8H,5H2,1H3,(H,16,17)(H,13,14,18)/b12-6-/t8-/m1/s1. The van der Waals surface area contributed by atoms with Crippen LogP contribution in [-0.2, 0) is 16.6 Å². The first-order chi connectivity index (χ1) is 9.06. The van der Waals surface area contributed by atoms with Crippen molar-refractivity contribution in [1.82, 2.24) is 9.88 Å². The Morgan fingerprint density at radius 2 is 2.47 bits per heavy atom. The summed E-state index contributed by atoms with van der Waals surface area (Å²) in [5, 5.41) is 18.5. The van der Waals surface area contributed by atoms with Gasteiger partial charge in [-0.3, -0.25) is 9.59 Å². The summed E-state index contributed by atoms with van der Waals surface area (Å²) in [7, 11) is 1.88. The van der Waals surface area contributed by atoms with E-state index in [1.165, 1.54) is 0 Å². The van der Waals surface area contributed by atoms with Crippen molar-refractivity contribution in [3.8, 4) is 0 Å². The van der Waals surface area contributed by atoms with Crippen LogP contribution < -0.4 is 5.32 Å². The number of rotatable bonds is 4. The number of amides is 1. The highest BCUT2D eigenvalue weighted by Crippen LogP contribution is 2.22. The van der Waals surface area contributed by atoms with E-state index in [4.69, 9.17) is 5.11 Å². The van der Waals surface area contributed by atoms with Crippen LogP contribution in [0.3, 0.4) is 0 Å². The molecule has 2 N–H and O–H groups in total. The number of carboxylic acid groups (broad SMARTS) is 1. The van der Waals surface area contributed by atoms with Gasteiger partial charge in [0.15, 0.2) is 5.17 Å². The molecule has 1 aromatic heterocycles. The molecule has 0 unspecified atom stereocenters. The van der Waals surface area contributed by atoms with Crippen LogP contribution >= 0.6 is 11.8 Å². The normalized spacial score (nSPS) is 21.2. The average Bonchev–Trinajstić information content (AvgIpc) is 2.87. The zero-order chi connectivity index (χ0) is 13.8. The quantitative estimate of drug-likeness (QED) is 0.617. The molecule has 0 aliphatic carbocycles. The molecule has 2 rings (SSSR count). The summed E-state index contributed by atoms with van der Waals surface area (Å²) < 4.78 is 1.87. The third kappa shape index (κ3) is 3.44. The second-order valence-corrected chi connectivity index (χ2v) is 5.08. The van der Waals surface area contributed by atoms with Gasteiger partial charge in [0.25, 0.3) is 0 Å². The Balaban J connectivity index is 1.98. The summed E-state index contributed by atoms with van der Waals surface area (Å²) in [6, 6.07) is 3.75. The summed E-state index contributed by atoms with van der Waals surface area (Å²) in [4.78, 5) is 22.0. The molecule has 1 amide bonds. The summed E-state index contributed by atoms with van der Waals surface area (Å²) >= 11 is 1.08. The summed E-state index contributed by atoms with van der Waals surface area (Å²) in [6.07, 6.45) is 3.21. The van der Waals surface area contributed by atoms with E-state index in [0.717, 1.165) is 17.5 Å². The molecular weight excluding hydrogens is 268 g/mol. The number of hydrogen-bond acceptors (Lipinski definition) is 5. The van der Waals surface area contributed by atoms with Gasteiger partial charge in [0.05, 0.1) is 18.3 Å². The molecule has 0 saturated carbocycles. The highest BCUT2D eigenvalue weighted by atomic mass is 32.2. The number of thioether (sulfide) groups is 1. The van der Waals surface area contributed by atoms with Crippen LogP contribution in [0.1, 0.15) is 12.1 Å². The first-order valence-corrected chi connectivity index (χ1v) is 6.36. The second-order valence-electron chi connectivity index (χ2n) is 3.89. The lowest BCUT2D eigenvalue weighted by molar-refractivity contribution is -0.138. The SMILES string of the molecule is Cn1cccc1/C=N\N=C1\NC(=O)[C@@H](CC(=O)O)S1. The van der Waals surface area contributed by atoms with Crippen molar-refractivity contribution in [2.45, 2.75) is 11.7 Å². The van der Waals surface area contributed by atoms with Crippen molar-refractivity contribution >= 4 is 35.0 Å². The van der Waals surface area contributed by atoms with Crippen LogP contribution in [0.15, 0.2) is 28.5 Å². The Morgan fingerprint density at radius 1 is 1.68 bits per heavy atom. The lowest BCUT2D eigenvalue weighted by Gasteiger charge is -1.97. The molecule has 1 saturated heterocycles. The van der Waals surface area contributed by atoms with Crippen LogP contribution in [-0.4, -0.2) is 38.2 Å². The van der Waals surface area contributed by atoms with Gasteiger partial charge in [0.1, 0.15) is 5.25 Å². The number of amidine groups is 1. The lowest BCUT2D eigenvalue weighted by Crippen LogP contribution is -2.26. The molecule has 0 spiro atoms. The number of carbonyl (C=O) groups excluding carboxylic acids is 1. The first kappa shape index (κ1) is 13.3. The number of carbonyl (C=O) groups is 2. The van der Waals surface area contributed by atoms with Crippen LogP contribution in [0.5, 0.6) is 0 Å². The fourth-order valence-electron chi connectivity index (χ4n) is 1.49. The maximum Gasteiger partial charge on any atom is 0.305 e. The lowest BCUT2D eigenvalue weighted by atomic mass is 10.3. The minimum absolute atomic E-state index is 0.225. The van der Waals surface area contributed by atoms with Gasteiger partial charge in [-0.05, 0) is 12.1 Å². The minimum Gasteiger partial charge on any atom is -0.481 e. The van der Waals surface area contributed by atoms with E-state index in [9.17, 15) is 9.59 Å². The first-order valence-electron chi connectivity index (χ1n) is 5.48. The van der Waals surface area contributed by atoms with Crippen molar-refractivity contribution in [2.75, 3.05) is 0 Å². The number of aliphatic carboxylic acids is 1. The predicted molar refractivity (Wildman–Crippen MR) is 72.2 cm³/mol. The van der Waals surface area contributed by atoms with Gasteiger partial charge in [-0.2, -0.15) is 5.10 Å². The van der Waals surface area contributed by atoms with Crippen LogP contribution in [0.25, 0.3) is 0 Å². The highest BCUT2D eigenvalue weighted by molar-refractivity contribution is 8.15. The molecule has 2 heterocycles. The second kappa shape index (κ2) is 5.70. The summed E-state index contributed by atoms with van der Waals surface area (Å²) in [5.74, 6) is -1.36. The van der Waals surface area contributed by atoms with Gasteiger partial charge in [-0.25, -0.2) is 0 Å². The average molecular weight is 280 g/mol. The van der Waals surface area contributed by atoms with Crippen LogP contribution in [0.2, 0.25) is 0 Å². The largest absolute Gasteiger partial charge is 0.481 e. The molecule has 1 aliphatic heterocycles. The summed E-state index contributed by atoms with van der Waals surface area (Å²) in [5.41, 5.74) is 0.876. The van der Waals surface area contributed by atoms with Gasteiger partial charge < -0.3 is 15.0 Å². The van der Waals surface area contributed by atoms with E-state index in [2.05, 4.69) is 15.5 Å². The Morgan fingerprint density at radius 3 is 3.11 bits per heavy atom. The van der Waals surface area contributed by atoms with E-state index >= 15 is 0 Å². The van der Waals surface area contributed by atoms with Gasteiger partial charge in [0.2, 0.25) is 5.91 Å². The summed E-state index contributed by atoms with van der Waals surface area (Å²) in [6.45, 7) is 0. The maximum atomic E-state index is 11.4. The molecular formula is C11H12N4O3S. The van der Waals surface area contributed by atoms with Gasteiger partial charge in [-0.15, -0.1) is 5.10 Å². The van der Waals surface area contributed by atoms with Crippen molar-refractivity contribution in [3.63, 3.8) is 0 Å². The Labute approximate surface area is 113 Å². The number of nitrogens with one attached hydrogen (secondary N) is 1. The molecule has 1 atom stereocenters. The third-order valence-electron chi connectivity index (χ3n) is 2.46. The smallest absolute Gasteiger partial charge is 0.305 e. The van der Waals surface area contributed by atoms with Crippen molar-refractivity contribution in [1.29, 1.82) is 0 Å². The molecule has 1 aromatic rings. The number of aromatic nitrogens is 1. The molecule has 0 radical (unpaired) electrons. The van der Waals surface area contributed by atoms with E-state index in [0.29, 0.717) is 5.17 Å². The fourth-order valence-corrected chi connectivity index (χ4v) is 2.41. The van der Waals surface area contributed by atoms with Crippen molar-refractivity contribution in [2.24, 2.45) is 17.3 Å². The molecule has 8 heteroatoms. The molecule has 19 heavy (non-hydrogen) atoms. The number of nitrogens with zero attached hydrogens (tertiary/aromatic N) is 3. The van der Waals surface area contributed by atoms with Gasteiger partial charge in [0, 0.05) is 13.2 Å². The predicted octanol–water partition coefficient (Wildman–Crippen LogP) is 0.421. The van der Waals surface area contributed by atoms with Crippen LogP contribution in [0, 0.1) is 0 Å². The maximum absolute atomic E-state index is 11.4. The zero-order valence-electron chi connectivity index (χ0n) is 10.1. The van der Waals surface area contributed by atoms with E-state index in [1.807, 2.05) is 29.9 Å². The molecule has 1 fully saturated rings. The van der Waals surface area contributed by atoms with E-state index in [-0.39, 0.29) is 12.3 Å². The monoisotopic (exact) mass is 280 g/mol. The molecule has 0 aromatic carbocycles. The van der Waals surface area contributed by atoms with Gasteiger partial charge >= 0.3 is 5.97 Å². The Bertz CT molecular complexity index is 564. The Kier molecular flexibility index (Phi) is 4.00. The topological polar surface area (TPSA) is 96.0 Å². The Hall–Kier alpha value is -2.09. The third-order valence-corrected chi connectivity index (χ3v) is 3.53. The van der Waals surface area contributed by atoms with Crippen molar-refractivity contribution in [3.05, 3.63) is 24.0 Å². The molecule has 7 nitrogen and oxygen atoms in total. The molecule has 100 valence electrons. The van der Waals surface area contributed by atoms with Crippen LogP contribution in [0.4, 0.5) is 0 Å². The highest BCUT2D eigenvalue weighted by Gasteiger charge is 2.32. The van der Waals surface area contributed by atoms with Crippen molar-refractivity contribution < 1.29 is 14.7 Å². The molecule has 1 aliphatic rings.